The van der Waals surface area contributed by atoms with Crippen molar-refractivity contribution in [2.24, 2.45) is 0 Å². The minimum absolute atomic E-state index is 0.0729. The number of rotatable bonds is 6. The highest BCUT2D eigenvalue weighted by Gasteiger charge is 2.43. The van der Waals surface area contributed by atoms with Crippen LogP contribution in [0.15, 0.2) is 54.2 Å². The first-order valence-corrected chi connectivity index (χ1v) is 10.4. The minimum atomic E-state index is -0.492. The van der Waals surface area contributed by atoms with Gasteiger partial charge in [-0.1, -0.05) is 6.92 Å². The molecule has 4 rings (SSSR count). The smallest absolute Gasteiger partial charge is 0.282 e. The zero-order chi connectivity index (χ0) is 22.8. The van der Waals surface area contributed by atoms with Crippen LogP contribution in [0, 0.1) is 10.1 Å². The zero-order valence-electron chi connectivity index (χ0n) is 18.0. The van der Waals surface area contributed by atoms with Gasteiger partial charge in [0.15, 0.2) is 0 Å². The molecule has 2 aromatic carbocycles. The fourth-order valence-corrected chi connectivity index (χ4v) is 4.08. The number of nitrogens with zero attached hydrogens (tertiary/aromatic N) is 4. The molecule has 0 aromatic heterocycles. The molecule has 0 radical (unpaired) electrons. The predicted molar refractivity (Wildman–Crippen MR) is 119 cm³/mol. The Morgan fingerprint density at radius 3 is 2.09 bits per heavy atom. The van der Waals surface area contributed by atoms with E-state index in [4.69, 9.17) is 4.74 Å². The quantitative estimate of drug-likeness (QED) is 0.390. The minimum Gasteiger partial charge on any atom is -0.497 e. The third-order valence-corrected chi connectivity index (χ3v) is 5.89. The highest BCUT2D eigenvalue weighted by atomic mass is 16.6. The Bertz CT molecular complexity index is 1070. The zero-order valence-corrected chi connectivity index (χ0v) is 18.0. The Balaban J connectivity index is 1.75. The summed E-state index contributed by atoms with van der Waals surface area (Å²) < 4.78 is 5.18. The van der Waals surface area contributed by atoms with Crippen LogP contribution in [0.1, 0.15) is 12.5 Å². The van der Waals surface area contributed by atoms with Crippen molar-refractivity contribution < 1.29 is 19.2 Å². The van der Waals surface area contributed by atoms with Crippen LogP contribution in [0.2, 0.25) is 0 Å². The average molecular weight is 436 g/mol. The Morgan fingerprint density at radius 2 is 1.56 bits per heavy atom. The van der Waals surface area contributed by atoms with E-state index >= 15 is 0 Å². The summed E-state index contributed by atoms with van der Waals surface area (Å²) in [6, 6.07) is 12.5. The number of nitro benzene ring substituents is 1. The van der Waals surface area contributed by atoms with E-state index in [-0.39, 0.29) is 11.3 Å². The lowest BCUT2D eigenvalue weighted by atomic mass is 10.0. The highest BCUT2D eigenvalue weighted by molar-refractivity contribution is 6.45. The summed E-state index contributed by atoms with van der Waals surface area (Å²) in [7, 11) is 1.55. The number of anilines is 1. The maximum Gasteiger partial charge on any atom is 0.282 e. The number of carbonyl (C=O) groups excluding carboxylic acids is 2. The lowest BCUT2D eigenvalue weighted by molar-refractivity contribution is -0.384. The molecule has 2 amide bonds. The molecule has 2 aromatic rings. The number of nitro groups is 1. The second-order valence-corrected chi connectivity index (χ2v) is 7.59. The van der Waals surface area contributed by atoms with Crippen molar-refractivity contribution in [1.29, 1.82) is 0 Å². The van der Waals surface area contributed by atoms with Crippen molar-refractivity contribution >= 4 is 28.8 Å². The van der Waals surface area contributed by atoms with Crippen LogP contribution in [0.5, 0.6) is 5.75 Å². The molecule has 0 spiro atoms. The molecule has 0 atom stereocenters. The van der Waals surface area contributed by atoms with Crippen LogP contribution in [0.4, 0.5) is 11.4 Å². The number of likely N-dealkylation sites (N-methyl/N-ethyl adjacent to an activating group) is 1. The number of imide groups is 1. The first kappa shape index (κ1) is 21.5. The van der Waals surface area contributed by atoms with Gasteiger partial charge >= 0.3 is 0 Å². The normalized spacial score (nSPS) is 17.3. The van der Waals surface area contributed by atoms with Gasteiger partial charge in [0.2, 0.25) is 0 Å². The molecule has 2 heterocycles. The van der Waals surface area contributed by atoms with Crippen LogP contribution in [0.25, 0.3) is 5.57 Å². The Labute approximate surface area is 185 Å². The van der Waals surface area contributed by atoms with Crippen molar-refractivity contribution in [3.8, 4) is 5.75 Å². The number of benzene rings is 2. The molecular weight excluding hydrogens is 412 g/mol. The van der Waals surface area contributed by atoms with E-state index in [0.717, 1.165) is 24.5 Å². The molecule has 0 saturated carbocycles. The van der Waals surface area contributed by atoms with Gasteiger partial charge in [-0.25, -0.2) is 4.90 Å². The summed E-state index contributed by atoms with van der Waals surface area (Å²) in [5.41, 5.74) is 1.47. The second kappa shape index (κ2) is 8.80. The number of amides is 2. The monoisotopic (exact) mass is 436 g/mol. The molecule has 1 fully saturated rings. The third kappa shape index (κ3) is 3.82. The van der Waals surface area contributed by atoms with Gasteiger partial charge in [0.25, 0.3) is 17.5 Å². The summed E-state index contributed by atoms with van der Waals surface area (Å²) in [5, 5.41) is 11.1. The van der Waals surface area contributed by atoms with Gasteiger partial charge in [0, 0.05) is 38.3 Å². The van der Waals surface area contributed by atoms with Gasteiger partial charge in [-0.15, -0.1) is 0 Å². The molecule has 166 valence electrons. The van der Waals surface area contributed by atoms with Crippen molar-refractivity contribution in [2.45, 2.75) is 6.92 Å². The number of carbonyl (C=O) groups is 2. The van der Waals surface area contributed by atoms with E-state index in [1.807, 2.05) is 4.90 Å². The summed E-state index contributed by atoms with van der Waals surface area (Å²) in [4.78, 5) is 43.0. The molecule has 2 aliphatic rings. The molecular formula is C23H24N4O5. The number of non-ortho nitro benzene ring substituents is 1. The number of ether oxygens (including phenoxy) is 1. The summed E-state index contributed by atoms with van der Waals surface area (Å²) in [6.07, 6.45) is 0. The van der Waals surface area contributed by atoms with E-state index in [1.165, 1.54) is 24.3 Å². The maximum atomic E-state index is 13.5. The standard InChI is InChI=1S/C23H24N4O5/c1-3-24-12-14-25(15-13-24)21-20(16-4-6-18(7-5-16)27(30)31)22(28)26(23(21)29)17-8-10-19(32-2)11-9-17/h4-11H,3,12-15H2,1-2H3. The highest BCUT2D eigenvalue weighted by Crippen LogP contribution is 2.36. The van der Waals surface area contributed by atoms with Gasteiger partial charge < -0.3 is 14.5 Å². The van der Waals surface area contributed by atoms with Crippen molar-refractivity contribution in [1.82, 2.24) is 9.80 Å². The Hall–Kier alpha value is -3.72. The van der Waals surface area contributed by atoms with Crippen LogP contribution >= 0.6 is 0 Å². The largest absolute Gasteiger partial charge is 0.497 e. The van der Waals surface area contributed by atoms with E-state index < -0.39 is 16.7 Å². The molecule has 0 aliphatic carbocycles. The molecule has 9 nitrogen and oxygen atoms in total. The molecule has 9 heteroatoms. The van der Waals surface area contributed by atoms with Gasteiger partial charge in [0.1, 0.15) is 11.4 Å². The van der Waals surface area contributed by atoms with Crippen molar-refractivity contribution in [3.05, 3.63) is 69.9 Å². The molecule has 2 aliphatic heterocycles. The maximum absolute atomic E-state index is 13.5. The predicted octanol–water partition coefficient (Wildman–Crippen LogP) is 2.53. The van der Waals surface area contributed by atoms with Crippen molar-refractivity contribution in [2.75, 3.05) is 44.7 Å². The van der Waals surface area contributed by atoms with E-state index in [0.29, 0.717) is 35.8 Å². The van der Waals surface area contributed by atoms with Crippen LogP contribution in [-0.4, -0.2) is 66.4 Å². The van der Waals surface area contributed by atoms with Gasteiger partial charge in [0.05, 0.1) is 23.3 Å². The summed E-state index contributed by atoms with van der Waals surface area (Å²) in [5.74, 6) is -0.215. The lowest BCUT2D eigenvalue weighted by Crippen LogP contribution is -2.47. The number of piperazine rings is 1. The van der Waals surface area contributed by atoms with Crippen LogP contribution < -0.4 is 9.64 Å². The van der Waals surface area contributed by atoms with E-state index in [1.54, 1.807) is 31.4 Å². The molecule has 32 heavy (non-hydrogen) atoms. The molecule has 0 bridgehead atoms. The van der Waals surface area contributed by atoms with Gasteiger partial charge in [-0.05, 0) is 48.5 Å². The van der Waals surface area contributed by atoms with E-state index in [2.05, 4.69) is 11.8 Å². The Morgan fingerprint density at radius 1 is 0.938 bits per heavy atom. The van der Waals surface area contributed by atoms with Gasteiger partial charge in [-0.3, -0.25) is 19.7 Å². The summed E-state index contributed by atoms with van der Waals surface area (Å²) >= 11 is 0. The van der Waals surface area contributed by atoms with E-state index in [9.17, 15) is 19.7 Å². The average Bonchev–Trinajstić information content (AvgIpc) is 3.09. The fourth-order valence-electron chi connectivity index (χ4n) is 4.08. The number of methoxy groups -OCH3 is 1. The molecule has 1 saturated heterocycles. The number of hydrogen-bond acceptors (Lipinski definition) is 7. The molecule has 0 N–H and O–H groups in total. The topological polar surface area (TPSA) is 96.2 Å². The first-order chi connectivity index (χ1) is 15.4. The Kier molecular flexibility index (Phi) is 5.91. The third-order valence-electron chi connectivity index (χ3n) is 5.89. The first-order valence-electron chi connectivity index (χ1n) is 10.4. The molecule has 0 unspecified atom stereocenters. The van der Waals surface area contributed by atoms with Crippen LogP contribution in [0.3, 0.4) is 0 Å². The van der Waals surface area contributed by atoms with Crippen LogP contribution in [-0.2, 0) is 9.59 Å². The fraction of sp³-hybridized carbons (Fsp3) is 0.304. The lowest BCUT2D eigenvalue weighted by Gasteiger charge is -2.36. The van der Waals surface area contributed by atoms with Gasteiger partial charge in [-0.2, -0.15) is 0 Å². The number of hydrogen-bond donors (Lipinski definition) is 0. The SMILES string of the molecule is CCN1CCN(C2=C(c3ccc([N+](=O)[O-])cc3)C(=O)N(c3ccc(OC)cc3)C2=O)CC1. The van der Waals surface area contributed by atoms with Crippen molar-refractivity contribution in [3.63, 3.8) is 0 Å². The summed E-state index contributed by atoms with van der Waals surface area (Å²) in [6.45, 7) is 5.83. The second-order valence-electron chi connectivity index (χ2n) is 7.59.